The minimum Gasteiger partial charge on any atom is -0.492 e. The predicted octanol–water partition coefficient (Wildman–Crippen LogP) is 6.53. The van der Waals surface area contributed by atoms with Crippen LogP contribution < -0.4 is 10.2 Å². The molecule has 4 aromatic rings. The summed E-state index contributed by atoms with van der Waals surface area (Å²) in [5.74, 6) is 0.745. The number of fused-ring (bicyclic) bond motifs is 5. The van der Waals surface area contributed by atoms with Gasteiger partial charge in [-0.05, 0) is 42.5 Å². The van der Waals surface area contributed by atoms with E-state index in [9.17, 15) is 4.79 Å². The summed E-state index contributed by atoms with van der Waals surface area (Å²) in [5, 5.41) is 0.385. The van der Waals surface area contributed by atoms with Crippen molar-refractivity contribution in [3.8, 4) is 5.75 Å². The molecule has 0 aliphatic carbocycles. The molecule has 2 aliphatic rings. The lowest BCUT2D eigenvalue weighted by molar-refractivity contribution is 0.271. The normalized spacial score (nSPS) is 19.5. The van der Waals surface area contributed by atoms with E-state index in [1.807, 2.05) is 60.7 Å². The number of halogens is 1. The van der Waals surface area contributed by atoms with Crippen molar-refractivity contribution in [2.45, 2.75) is 10.1 Å². The Labute approximate surface area is 191 Å². The smallest absolute Gasteiger partial charge is 0.197 e. The lowest BCUT2D eigenvalue weighted by Crippen LogP contribution is -2.33. The first-order valence-electron chi connectivity index (χ1n) is 9.96. The molecule has 0 fully saturated rings. The van der Waals surface area contributed by atoms with Gasteiger partial charge in [-0.2, -0.15) is 0 Å². The zero-order valence-corrected chi connectivity index (χ0v) is 18.7. The number of hydrogen-bond donors (Lipinski definition) is 0. The summed E-state index contributed by atoms with van der Waals surface area (Å²) in [7, 11) is 0. The first-order valence-corrected chi connectivity index (χ1v) is 11.6. The maximum Gasteiger partial charge on any atom is 0.197 e. The lowest BCUT2D eigenvalue weighted by atomic mass is 9.88. The standard InChI is InChI=1S/C25H16BrNO3S/c26-14-9-10-21-16(11-14)24(28)18(13-30-21)25-17-12-29-20-7-3-1-5-15(20)23(17)27-19-6-2-4-8-22(19)31-25/h1-11,13,17,25H,12H2/t17-,25-/m0/s1. The Morgan fingerprint density at radius 1 is 1.03 bits per heavy atom. The van der Waals surface area contributed by atoms with Gasteiger partial charge in [-0.3, -0.25) is 9.79 Å². The summed E-state index contributed by atoms with van der Waals surface area (Å²) < 4.78 is 12.9. The zero-order valence-electron chi connectivity index (χ0n) is 16.2. The van der Waals surface area contributed by atoms with Crippen LogP contribution >= 0.6 is 27.7 Å². The van der Waals surface area contributed by atoms with Crippen molar-refractivity contribution in [1.82, 2.24) is 0 Å². The average Bonchev–Trinajstić information content (AvgIpc) is 2.97. The van der Waals surface area contributed by atoms with E-state index in [-0.39, 0.29) is 16.6 Å². The minimum absolute atomic E-state index is 0.0161. The van der Waals surface area contributed by atoms with Crippen LogP contribution in [0.5, 0.6) is 5.75 Å². The lowest BCUT2D eigenvalue weighted by Gasteiger charge is -2.31. The van der Waals surface area contributed by atoms with Crippen molar-refractivity contribution in [3.05, 3.63) is 98.8 Å². The molecule has 6 rings (SSSR count). The summed E-state index contributed by atoms with van der Waals surface area (Å²) in [5.41, 5.74) is 4.05. The summed E-state index contributed by atoms with van der Waals surface area (Å²) in [6.07, 6.45) is 1.61. The molecule has 0 radical (unpaired) electrons. The van der Waals surface area contributed by atoms with Crippen LogP contribution in [0.2, 0.25) is 0 Å². The van der Waals surface area contributed by atoms with E-state index in [4.69, 9.17) is 14.1 Å². The number of nitrogens with zero attached hydrogens (tertiary/aromatic N) is 1. The van der Waals surface area contributed by atoms with Gasteiger partial charge in [-0.15, -0.1) is 11.8 Å². The summed E-state index contributed by atoms with van der Waals surface area (Å²) in [4.78, 5) is 19.7. The molecule has 2 atom stereocenters. The van der Waals surface area contributed by atoms with Gasteiger partial charge >= 0.3 is 0 Å². The third-order valence-electron chi connectivity index (χ3n) is 5.73. The Hall–Kier alpha value is -2.83. The summed E-state index contributed by atoms with van der Waals surface area (Å²) in [6, 6.07) is 21.5. The van der Waals surface area contributed by atoms with Crippen molar-refractivity contribution >= 4 is 50.1 Å². The maximum atomic E-state index is 13.5. The van der Waals surface area contributed by atoms with Crippen LogP contribution in [0.4, 0.5) is 5.69 Å². The molecule has 0 bridgehead atoms. The third-order valence-corrected chi connectivity index (χ3v) is 7.65. The molecule has 1 aromatic heterocycles. The molecular weight excluding hydrogens is 474 g/mol. The van der Waals surface area contributed by atoms with E-state index >= 15 is 0 Å². The Morgan fingerprint density at radius 2 is 1.87 bits per heavy atom. The van der Waals surface area contributed by atoms with Crippen molar-refractivity contribution in [2.24, 2.45) is 10.9 Å². The van der Waals surface area contributed by atoms with Crippen molar-refractivity contribution < 1.29 is 9.15 Å². The van der Waals surface area contributed by atoms with Crippen LogP contribution in [0.15, 0.2) is 96.6 Å². The molecule has 3 heterocycles. The van der Waals surface area contributed by atoms with E-state index in [0.29, 0.717) is 23.1 Å². The zero-order chi connectivity index (χ0) is 20.9. The van der Waals surface area contributed by atoms with Gasteiger partial charge < -0.3 is 9.15 Å². The minimum atomic E-state index is -0.185. The van der Waals surface area contributed by atoms with Crippen LogP contribution in [-0.4, -0.2) is 12.3 Å². The van der Waals surface area contributed by atoms with Crippen LogP contribution in [-0.2, 0) is 0 Å². The molecule has 2 aliphatic heterocycles. The van der Waals surface area contributed by atoms with Gasteiger partial charge in [-0.1, -0.05) is 40.2 Å². The topological polar surface area (TPSA) is 51.8 Å². The molecule has 3 aromatic carbocycles. The number of aliphatic imine (C=N–C) groups is 1. The van der Waals surface area contributed by atoms with Gasteiger partial charge in [0.25, 0.3) is 0 Å². The molecule has 0 amide bonds. The molecule has 31 heavy (non-hydrogen) atoms. The number of benzene rings is 3. The monoisotopic (exact) mass is 489 g/mol. The fourth-order valence-corrected chi connectivity index (χ4v) is 5.92. The van der Waals surface area contributed by atoms with E-state index in [0.717, 1.165) is 32.1 Å². The highest BCUT2D eigenvalue weighted by Gasteiger charge is 2.38. The van der Waals surface area contributed by atoms with Gasteiger partial charge in [0, 0.05) is 20.5 Å². The Morgan fingerprint density at radius 3 is 2.81 bits per heavy atom. The summed E-state index contributed by atoms with van der Waals surface area (Å²) >= 11 is 5.12. The van der Waals surface area contributed by atoms with Crippen molar-refractivity contribution in [1.29, 1.82) is 0 Å². The number of rotatable bonds is 1. The number of para-hydroxylation sites is 2. The maximum absolute atomic E-state index is 13.5. The van der Waals surface area contributed by atoms with E-state index in [1.54, 1.807) is 18.0 Å². The van der Waals surface area contributed by atoms with Gasteiger partial charge in [-0.25, -0.2) is 0 Å². The third kappa shape index (κ3) is 3.13. The number of ether oxygens (including phenoxy) is 1. The SMILES string of the molecule is O=c1c([C@H]2Sc3ccccc3N=C3c4ccccc4OC[C@@H]32)coc2ccc(Br)cc12. The Balaban J connectivity index is 1.58. The number of thioether (sulfide) groups is 1. The highest BCUT2D eigenvalue weighted by molar-refractivity contribution is 9.10. The Bertz CT molecular complexity index is 1430. The molecule has 0 unspecified atom stereocenters. The van der Waals surface area contributed by atoms with Gasteiger partial charge in [0.05, 0.1) is 40.8 Å². The molecule has 0 saturated carbocycles. The molecule has 0 N–H and O–H groups in total. The van der Waals surface area contributed by atoms with Crippen molar-refractivity contribution in [2.75, 3.05) is 6.61 Å². The second-order valence-electron chi connectivity index (χ2n) is 7.58. The second kappa shape index (κ2) is 7.39. The Kier molecular flexibility index (Phi) is 4.51. The van der Waals surface area contributed by atoms with Crippen LogP contribution in [0, 0.1) is 5.92 Å². The molecule has 0 spiro atoms. The quantitative estimate of drug-likeness (QED) is 0.304. The van der Waals surface area contributed by atoms with Gasteiger partial charge in [0.1, 0.15) is 11.3 Å². The fourth-order valence-electron chi connectivity index (χ4n) is 4.23. The van der Waals surface area contributed by atoms with Crippen LogP contribution in [0.25, 0.3) is 11.0 Å². The highest BCUT2D eigenvalue weighted by atomic mass is 79.9. The molecular formula is C25H16BrNO3S. The molecule has 6 heteroatoms. The van der Waals surface area contributed by atoms with Crippen LogP contribution in [0.1, 0.15) is 16.4 Å². The average molecular weight is 490 g/mol. The first-order chi connectivity index (χ1) is 15.2. The van der Waals surface area contributed by atoms with Gasteiger partial charge in [0.2, 0.25) is 0 Å². The van der Waals surface area contributed by atoms with Gasteiger partial charge in [0.15, 0.2) is 5.43 Å². The molecule has 152 valence electrons. The molecule has 4 nitrogen and oxygen atoms in total. The van der Waals surface area contributed by atoms with E-state index < -0.39 is 0 Å². The van der Waals surface area contributed by atoms with Crippen molar-refractivity contribution in [3.63, 3.8) is 0 Å². The van der Waals surface area contributed by atoms with Crippen LogP contribution in [0.3, 0.4) is 0 Å². The second-order valence-corrected chi connectivity index (χ2v) is 9.68. The first kappa shape index (κ1) is 18.9. The number of hydrogen-bond acceptors (Lipinski definition) is 5. The van der Waals surface area contributed by atoms with E-state index in [1.165, 1.54) is 0 Å². The highest BCUT2D eigenvalue weighted by Crippen LogP contribution is 2.49. The fraction of sp³-hybridized carbons (Fsp3) is 0.120. The molecule has 0 saturated heterocycles. The van der Waals surface area contributed by atoms with E-state index in [2.05, 4.69) is 22.0 Å². The summed E-state index contributed by atoms with van der Waals surface area (Å²) in [6.45, 7) is 0.456. The largest absolute Gasteiger partial charge is 0.492 e. The predicted molar refractivity (Wildman–Crippen MR) is 127 cm³/mol.